The fraction of sp³-hybridized carbons (Fsp3) is 0.269. The lowest BCUT2D eigenvalue weighted by Gasteiger charge is -2.36. The first-order valence-electron chi connectivity index (χ1n) is 10.8. The number of carbonyl (C=O) groups is 1. The predicted octanol–water partition coefficient (Wildman–Crippen LogP) is 5.15. The van der Waals surface area contributed by atoms with Gasteiger partial charge < -0.3 is 10.2 Å². The molecule has 1 N–H and O–H groups in total. The fourth-order valence-corrected chi connectivity index (χ4v) is 4.20. The molecule has 1 atom stereocenters. The van der Waals surface area contributed by atoms with Crippen LogP contribution >= 0.6 is 11.6 Å². The van der Waals surface area contributed by atoms with E-state index in [1.807, 2.05) is 73.7 Å². The molecule has 0 aromatic heterocycles. The molecule has 3 aromatic carbocycles. The molecule has 3 aromatic rings. The largest absolute Gasteiger partial charge is 0.369 e. The average molecular weight is 434 g/mol. The molecule has 160 valence electrons. The third kappa shape index (κ3) is 5.66. The van der Waals surface area contributed by atoms with Crippen molar-refractivity contribution >= 4 is 23.2 Å². The number of hydrogen-bond donors (Lipinski definition) is 1. The van der Waals surface area contributed by atoms with Gasteiger partial charge in [-0.1, -0.05) is 60.1 Å². The Kier molecular flexibility index (Phi) is 6.90. The maximum Gasteiger partial charge on any atom is 0.251 e. The Balaban J connectivity index is 1.33. The summed E-state index contributed by atoms with van der Waals surface area (Å²) in [5.41, 5.74) is 4.15. The summed E-state index contributed by atoms with van der Waals surface area (Å²) >= 11 is 6.14. The summed E-state index contributed by atoms with van der Waals surface area (Å²) < 4.78 is 0. The molecule has 1 heterocycles. The summed E-state index contributed by atoms with van der Waals surface area (Å²) in [5, 5.41) is 3.88. The van der Waals surface area contributed by atoms with Gasteiger partial charge in [0.15, 0.2) is 0 Å². The van der Waals surface area contributed by atoms with Crippen molar-refractivity contribution in [3.05, 3.63) is 101 Å². The number of piperazine rings is 1. The molecular formula is C26H28ClN3O. The van der Waals surface area contributed by atoms with Crippen LogP contribution in [0, 0.1) is 0 Å². The Labute approximate surface area is 189 Å². The van der Waals surface area contributed by atoms with E-state index in [1.165, 1.54) is 5.69 Å². The van der Waals surface area contributed by atoms with E-state index in [1.54, 1.807) is 0 Å². The van der Waals surface area contributed by atoms with Crippen LogP contribution in [0.1, 0.15) is 34.5 Å². The highest BCUT2D eigenvalue weighted by atomic mass is 35.5. The highest BCUT2D eigenvalue weighted by Crippen LogP contribution is 2.21. The van der Waals surface area contributed by atoms with Crippen molar-refractivity contribution in [1.29, 1.82) is 0 Å². The molecule has 0 saturated carbocycles. The second kappa shape index (κ2) is 9.99. The molecule has 4 nitrogen and oxygen atoms in total. The summed E-state index contributed by atoms with van der Waals surface area (Å²) in [6.07, 6.45) is 0. The standard InChI is InChI=1S/C26H28ClN3O/c1-20(22-8-3-2-4-9-22)28-26(31)23-10-5-7-21(17-23)19-29-13-15-30(16-14-29)25-12-6-11-24(27)18-25/h2-12,17-18,20H,13-16,19H2,1H3,(H,28,31)/t20-/m0/s1. The molecule has 0 aliphatic carbocycles. The minimum atomic E-state index is -0.0380. The number of nitrogens with one attached hydrogen (secondary N) is 1. The molecule has 1 fully saturated rings. The fourth-order valence-electron chi connectivity index (χ4n) is 4.01. The zero-order valence-electron chi connectivity index (χ0n) is 17.8. The first-order valence-corrected chi connectivity index (χ1v) is 11.1. The minimum Gasteiger partial charge on any atom is -0.369 e. The van der Waals surface area contributed by atoms with E-state index < -0.39 is 0 Å². The average Bonchev–Trinajstić information content (AvgIpc) is 2.80. The van der Waals surface area contributed by atoms with E-state index in [4.69, 9.17) is 11.6 Å². The predicted molar refractivity (Wildman–Crippen MR) is 128 cm³/mol. The van der Waals surface area contributed by atoms with Crippen LogP contribution in [0.15, 0.2) is 78.9 Å². The summed E-state index contributed by atoms with van der Waals surface area (Å²) in [6, 6.07) is 26.0. The van der Waals surface area contributed by atoms with Crippen molar-refractivity contribution in [2.45, 2.75) is 19.5 Å². The van der Waals surface area contributed by atoms with Crippen LogP contribution in [-0.4, -0.2) is 37.0 Å². The summed E-state index contributed by atoms with van der Waals surface area (Å²) in [4.78, 5) is 17.6. The third-order valence-corrected chi connectivity index (χ3v) is 6.02. The van der Waals surface area contributed by atoms with Crippen LogP contribution in [0.25, 0.3) is 0 Å². The van der Waals surface area contributed by atoms with E-state index in [0.717, 1.165) is 48.9 Å². The topological polar surface area (TPSA) is 35.6 Å². The van der Waals surface area contributed by atoms with E-state index in [9.17, 15) is 4.79 Å². The Morgan fingerprint density at radius 1 is 0.935 bits per heavy atom. The van der Waals surface area contributed by atoms with Crippen LogP contribution in [0.3, 0.4) is 0 Å². The molecule has 1 amide bonds. The zero-order chi connectivity index (χ0) is 21.6. The smallest absolute Gasteiger partial charge is 0.251 e. The van der Waals surface area contributed by atoms with Crippen LogP contribution in [0.5, 0.6) is 0 Å². The minimum absolute atomic E-state index is 0.0306. The number of rotatable bonds is 6. The Morgan fingerprint density at radius 3 is 2.42 bits per heavy atom. The van der Waals surface area contributed by atoms with Gasteiger partial charge in [0.25, 0.3) is 5.91 Å². The van der Waals surface area contributed by atoms with Gasteiger partial charge in [-0.15, -0.1) is 0 Å². The van der Waals surface area contributed by atoms with Gasteiger partial charge in [0.2, 0.25) is 0 Å². The second-order valence-corrected chi connectivity index (χ2v) is 8.49. The number of benzene rings is 3. The molecule has 5 heteroatoms. The number of amides is 1. The Hall–Kier alpha value is -2.82. The number of anilines is 1. The van der Waals surface area contributed by atoms with Crippen LogP contribution < -0.4 is 10.2 Å². The van der Waals surface area contributed by atoms with Crippen molar-refractivity contribution in [1.82, 2.24) is 10.2 Å². The maximum absolute atomic E-state index is 12.8. The number of carbonyl (C=O) groups excluding carboxylic acids is 1. The van der Waals surface area contributed by atoms with Crippen molar-refractivity contribution in [2.24, 2.45) is 0 Å². The van der Waals surface area contributed by atoms with Crippen LogP contribution in [-0.2, 0) is 6.54 Å². The van der Waals surface area contributed by atoms with Crippen molar-refractivity contribution in [3.63, 3.8) is 0 Å². The molecule has 31 heavy (non-hydrogen) atoms. The summed E-state index contributed by atoms with van der Waals surface area (Å²) in [5.74, 6) is -0.0380. The SMILES string of the molecule is C[C@H](NC(=O)c1cccc(CN2CCN(c3cccc(Cl)c3)CC2)c1)c1ccccc1. The molecule has 0 radical (unpaired) electrons. The number of nitrogens with zero attached hydrogens (tertiary/aromatic N) is 2. The lowest BCUT2D eigenvalue weighted by atomic mass is 10.1. The molecular weight excluding hydrogens is 406 g/mol. The highest BCUT2D eigenvalue weighted by molar-refractivity contribution is 6.30. The van der Waals surface area contributed by atoms with E-state index in [0.29, 0.717) is 5.56 Å². The quantitative estimate of drug-likeness (QED) is 0.583. The molecule has 0 unspecified atom stereocenters. The van der Waals surface area contributed by atoms with Gasteiger partial charge in [-0.25, -0.2) is 0 Å². The van der Waals surface area contributed by atoms with Crippen molar-refractivity contribution < 1.29 is 4.79 Å². The molecule has 0 spiro atoms. The lowest BCUT2D eigenvalue weighted by molar-refractivity contribution is 0.0939. The van der Waals surface area contributed by atoms with Gasteiger partial charge >= 0.3 is 0 Å². The highest BCUT2D eigenvalue weighted by Gasteiger charge is 2.18. The molecule has 1 aliphatic heterocycles. The molecule has 4 rings (SSSR count). The van der Waals surface area contributed by atoms with E-state index in [-0.39, 0.29) is 11.9 Å². The third-order valence-electron chi connectivity index (χ3n) is 5.79. The van der Waals surface area contributed by atoms with E-state index >= 15 is 0 Å². The van der Waals surface area contributed by atoms with Crippen molar-refractivity contribution in [3.8, 4) is 0 Å². The summed E-state index contributed by atoms with van der Waals surface area (Å²) in [6.45, 7) is 6.75. The van der Waals surface area contributed by atoms with Crippen LogP contribution in [0.2, 0.25) is 5.02 Å². The van der Waals surface area contributed by atoms with Crippen LogP contribution in [0.4, 0.5) is 5.69 Å². The lowest BCUT2D eigenvalue weighted by Crippen LogP contribution is -2.46. The first kappa shape index (κ1) is 21.4. The normalized spacial score (nSPS) is 15.5. The number of halogens is 1. The monoisotopic (exact) mass is 433 g/mol. The molecule has 1 aliphatic rings. The van der Waals surface area contributed by atoms with Crippen molar-refractivity contribution in [2.75, 3.05) is 31.1 Å². The zero-order valence-corrected chi connectivity index (χ0v) is 18.6. The van der Waals surface area contributed by atoms with Gasteiger partial charge in [-0.2, -0.15) is 0 Å². The Bertz CT molecular complexity index is 1020. The summed E-state index contributed by atoms with van der Waals surface area (Å²) in [7, 11) is 0. The number of hydrogen-bond acceptors (Lipinski definition) is 3. The van der Waals surface area contributed by atoms with Gasteiger partial charge in [0.05, 0.1) is 6.04 Å². The molecule has 0 bridgehead atoms. The first-order chi connectivity index (χ1) is 15.1. The van der Waals surface area contributed by atoms with Gasteiger partial charge in [0.1, 0.15) is 0 Å². The van der Waals surface area contributed by atoms with Gasteiger partial charge in [0, 0.05) is 49.0 Å². The Morgan fingerprint density at radius 2 is 1.68 bits per heavy atom. The van der Waals surface area contributed by atoms with E-state index in [2.05, 4.69) is 27.2 Å². The second-order valence-electron chi connectivity index (χ2n) is 8.05. The maximum atomic E-state index is 12.8. The van der Waals surface area contributed by atoms with Gasteiger partial charge in [-0.05, 0) is 48.4 Å². The molecule has 1 saturated heterocycles. The van der Waals surface area contributed by atoms with Gasteiger partial charge in [-0.3, -0.25) is 9.69 Å².